The number of rotatable bonds is 3. The Kier molecular flexibility index (Phi) is 5.58. The molecule has 0 aliphatic carbocycles. The molecule has 1 aliphatic heterocycles. The highest BCUT2D eigenvalue weighted by molar-refractivity contribution is 7.99. The fraction of sp³-hybridized carbons (Fsp3) is 0. The number of hydrogen-bond donors (Lipinski definition) is 0. The molecule has 0 saturated heterocycles. The van der Waals surface area contributed by atoms with E-state index < -0.39 is 0 Å². The van der Waals surface area contributed by atoms with Gasteiger partial charge in [0.25, 0.3) is 0 Å². The van der Waals surface area contributed by atoms with Crippen molar-refractivity contribution in [2.45, 2.75) is 9.79 Å². The number of fused-ring (bicyclic) bond motifs is 6. The SMILES string of the molecule is c1ccc(-n2c3cc4ccccc4cc3c3cccc(-c4ccccc4-c4ccc5c(c4)-c4cccc6cccc(c46)S5)c32)cc1. The normalized spacial score (nSPS) is 12.3. The summed E-state index contributed by atoms with van der Waals surface area (Å²) in [5, 5.41) is 7.71. The van der Waals surface area contributed by atoms with Gasteiger partial charge in [0.1, 0.15) is 0 Å². The fourth-order valence-corrected chi connectivity index (χ4v) is 8.64. The van der Waals surface area contributed by atoms with Gasteiger partial charge in [0.05, 0.1) is 11.0 Å². The highest BCUT2D eigenvalue weighted by Crippen LogP contribution is 2.49. The summed E-state index contributed by atoms with van der Waals surface area (Å²) < 4.78 is 2.46. The van der Waals surface area contributed by atoms with Crippen molar-refractivity contribution >= 4 is 55.1 Å². The lowest BCUT2D eigenvalue weighted by Gasteiger charge is -2.21. The van der Waals surface area contributed by atoms with Gasteiger partial charge in [-0.15, -0.1) is 0 Å². The molecule has 0 saturated carbocycles. The predicted octanol–water partition coefficient (Wildman–Crippen LogP) is 12.6. The molecule has 0 fully saturated rings. The van der Waals surface area contributed by atoms with Crippen molar-refractivity contribution in [3.8, 4) is 39.1 Å². The third-order valence-electron chi connectivity index (χ3n) is 9.55. The van der Waals surface area contributed by atoms with Crippen molar-refractivity contribution in [3.05, 3.63) is 164 Å². The molecule has 0 spiro atoms. The van der Waals surface area contributed by atoms with E-state index in [2.05, 4.69) is 168 Å². The minimum atomic E-state index is 1.17. The van der Waals surface area contributed by atoms with Gasteiger partial charge >= 0.3 is 0 Å². The fourth-order valence-electron chi connectivity index (χ4n) is 7.52. The predicted molar refractivity (Wildman–Crippen MR) is 196 cm³/mol. The van der Waals surface area contributed by atoms with Gasteiger partial charge in [0.15, 0.2) is 0 Å². The van der Waals surface area contributed by atoms with Crippen LogP contribution in [0.1, 0.15) is 0 Å². The maximum atomic E-state index is 2.46. The number of para-hydroxylation sites is 2. The topological polar surface area (TPSA) is 4.93 Å². The standard InChI is InChI=1S/C44H27NS/c1-2-15-32(16-3-1)45-40-27-30-12-5-4-11-29(30)25-38(40)37-21-10-20-36(44(37)45)34-18-7-6-17-33(34)31-23-24-41-39(26-31)35-19-8-13-28-14-9-22-42(46-41)43(28)35/h1-27H. The molecule has 0 atom stereocenters. The first-order valence-corrected chi connectivity index (χ1v) is 16.6. The Hall–Kier alpha value is -5.57. The van der Waals surface area contributed by atoms with Crippen LogP contribution in [0.4, 0.5) is 0 Å². The third kappa shape index (κ3) is 3.77. The Labute approximate surface area is 271 Å². The molecule has 0 N–H and O–H groups in total. The monoisotopic (exact) mass is 601 g/mol. The lowest BCUT2D eigenvalue weighted by molar-refractivity contribution is 1.18. The zero-order valence-corrected chi connectivity index (χ0v) is 25.8. The zero-order chi connectivity index (χ0) is 30.2. The first-order chi connectivity index (χ1) is 22.8. The van der Waals surface area contributed by atoms with Crippen LogP contribution in [0.5, 0.6) is 0 Å². The zero-order valence-electron chi connectivity index (χ0n) is 24.9. The second-order valence-corrected chi connectivity index (χ2v) is 13.2. The molecule has 2 heteroatoms. The summed E-state index contributed by atoms with van der Waals surface area (Å²) in [6.07, 6.45) is 0. The quantitative estimate of drug-likeness (QED) is 0.195. The van der Waals surface area contributed by atoms with E-state index in [0.29, 0.717) is 0 Å². The van der Waals surface area contributed by atoms with Crippen molar-refractivity contribution in [3.63, 3.8) is 0 Å². The molecule has 1 nitrogen and oxygen atoms in total. The van der Waals surface area contributed by atoms with Gasteiger partial charge in [-0.25, -0.2) is 0 Å². The van der Waals surface area contributed by atoms with E-state index in [4.69, 9.17) is 0 Å². The van der Waals surface area contributed by atoms with Crippen LogP contribution in [0.25, 0.3) is 82.4 Å². The number of nitrogens with zero attached hydrogens (tertiary/aromatic N) is 1. The Balaban J connectivity index is 1.25. The van der Waals surface area contributed by atoms with E-state index in [9.17, 15) is 0 Å². The Bertz CT molecular complexity index is 2660. The minimum Gasteiger partial charge on any atom is -0.309 e. The van der Waals surface area contributed by atoms with Gasteiger partial charge in [0, 0.05) is 37.2 Å². The Morgan fingerprint density at radius 2 is 1.07 bits per heavy atom. The van der Waals surface area contributed by atoms with Crippen LogP contribution in [-0.4, -0.2) is 4.57 Å². The lowest BCUT2D eigenvalue weighted by Crippen LogP contribution is -1.96. The summed E-state index contributed by atoms with van der Waals surface area (Å²) in [5.41, 5.74) is 11.2. The second-order valence-electron chi connectivity index (χ2n) is 12.1. The summed E-state index contributed by atoms with van der Waals surface area (Å²) in [5.74, 6) is 0. The first kappa shape index (κ1) is 25.7. The maximum Gasteiger partial charge on any atom is 0.0619 e. The summed E-state index contributed by atoms with van der Waals surface area (Å²) in [7, 11) is 0. The van der Waals surface area contributed by atoms with Crippen LogP contribution in [0.3, 0.4) is 0 Å². The molecule has 0 bridgehead atoms. The summed E-state index contributed by atoms with van der Waals surface area (Å²) in [6.45, 7) is 0. The highest BCUT2D eigenvalue weighted by atomic mass is 32.2. The van der Waals surface area contributed by atoms with Crippen molar-refractivity contribution in [2.24, 2.45) is 0 Å². The van der Waals surface area contributed by atoms with Crippen LogP contribution < -0.4 is 0 Å². The highest BCUT2D eigenvalue weighted by Gasteiger charge is 2.22. The molecule has 9 aromatic rings. The molecule has 46 heavy (non-hydrogen) atoms. The van der Waals surface area contributed by atoms with Crippen LogP contribution in [0, 0.1) is 0 Å². The first-order valence-electron chi connectivity index (χ1n) is 15.8. The van der Waals surface area contributed by atoms with Gasteiger partial charge < -0.3 is 4.57 Å². The van der Waals surface area contributed by atoms with Gasteiger partial charge in [-0.2, -0.15) is 0 Å². The molecule has 2 heterocycles. The van der Waals surface area contributed by atoms with E-state index in [1.807, 2.05) is 11.8 Å². The van der Waals surface area contributed by atoms with E-state index >= 15 is 0 Å². The van der Waals surface area contributed by atoms with E-state index in [1.165, 1.54) is 92.2 Å². The maximum absolute atomic E-state index is 2.46. The Morgan fingerprint density at radius 3 is 1.93 bits per heavy atom. The Morgan fingerprint density at radius 1 is 0.391 bits per heavy atom. The number of benzene rings is 8. The van der Waals surface area contributed by atoms with Crippen molar-refractivity contribution < 1.29 is 0 Å². The largest absolute Gasteiger partial charge is 0.309 e. The van der Waals surface area contributed by atoms with E-state index in [-0.39, 0.29) is 0 Å². The van der Waals surface area contributed by atoms with Crippen molar-refractivity contribution in [1.29, 1.82) is 0 Å². The molecule has 214 valence electrons. The molecular formula is C44H27NS. The average Bonchev–Trinajstić information content (AvgIpc) is 3.44. The van der Waals surface area contributed by atoms with Crippen LogP contribution in [-0.2, 0) is 0 Å². The number of aromatic nitrogens is 1. The molecule has 0 unspecified atom stereocenters. The van der Waals surface area contributed by atoms with E-state index in [0.717, 1.165) is 0 Å². The second kappa shape index (κ2) is 9.97. The average molecular weight is 602 g/mol. The molecular weight excluding hydrogens is 575 g/mol. The van der Waals surface area contributed by atoms with Crippen LogP contribution in [0.15, 0.2) is 174 Å². The minimum absolute atomic E-state index is 1.17. The van der Waals surface area contributed by atoms with Gasteiger partial charge in [0.2, 0.25) is 0 Å². The third-order valence-corrected chi connectivity index (χ3v) is 10.7. The molecule has 8 aromatic carbocycles. The van der Waals surface area contributed by atoms with Crippen molar-refractivity contribution in [1.82, 2.24) is 4.57 Å². The smallest absolute Gasteiger partial charge is 0.0619 e. The number of hydrogen-bond acceptors (Lipinski definition) is 1. The van der Waals surface area contributed by atoms with Gasteiger partial charge in [-0.05, 0) is 86.4 Å². The van der Waals surface area contributed by atoms with Crippen LogP contribution in [0.2, 0.25) is 0 Å². The van der Waals surface area contributed by atoms with E-state index in [1.54, 1.807) is 0 Å². The van der Waals surface area contributed by atoms with Crippen LogP contribution >= 0.6 is 11.8 Å². The molecule has 1 aromatic heterocycles. The molecule has 0 radical (unpaired) electrons. The van der Waals surface area contributed by atoms with Gasteiger partial charge in [-0.3, -0.25) is 0 Å². The van der Waals surface area contributed by atoms with Crippen molar-refractivity contribution in [2.75, 3.05) is 0 Å². The van der Waals surface area contributed by atoms with Gasteiger partial charge in [-0.1, -0.05) is 133 Å². The lowest BCUT2D eigenvalue weighted by atomic mass is 9.90. The summed E-state index contributed by atoms with van der Waals surface area (Å²) in [4.78, 5) is 2.65. The summed E-state index contributed by atoms with van der Waals surface area (Å²) in [6, 6.07) is 60.3. The summed E-state index contributed by atoms with van der Waals surface area (Å²) >= 11 is 1.88. The molecule has 0 amide bonds. The molecule has 10 rings (SSSR count). The molecule has 1 aliphatic rings.